The second-order valence-electron chi connectivity index (χ2n) is 8.98. The molecule has 0 amide bonds. The van der Waals surface area contributed by atoms with Crippen LogP contribution in [-0.2, 0) is 11.3 Å². The Labute approximate surface area is 193 Å². The van der Waals surface area contributed by atoms with E-state index in [1.807, 2.05) is 17.2 Å². The van der Waals surface area contributed by atoms with Crippen LogP contribution in [0.2, 0.25) is 0 Å². The average Bonchev–Trinajstić information content (AvgIpc) is 3.61. The Kier molecular flexibility index (Phi) is 5.32. The van der Waals surface area contributed by atoms with E-state index in [1.165, 1.54) is 18.4 Å². The summed E-state index contributed by atoms with van der Waals surface area (Å²) in [5.74, 6) is 0.809. The van der Waals surface area contributed by atoms with Crippen LogP contribution in [0.1, 0.15) is 18.4 Å². The minimum Gasteiger partial charge on any atom is -0.378 e. The van der Waals surface area contributed by atoms with E-state index in [0.717, 1.165) is 73.3 Å². The zero-order valence-corrected chi connectivity index (χ0v) is 18.9. The normalized spacial score (nSPS) is 18.9. The third-order valence-electron chi connectivity index (χ3n) is 6.61. The van der Waals surface area contributed by atoms with Gasteiger partial charge in [0.15, 0.2) is 11.5 Å². The van der Waals surface area contributed by atoms with Crippen LogP contribution in [0.5, 0.6) is 0 Å². The van der Waals surface area contributed by atoms with Gasteiger partial charge in [0, 0.05) is 43.5 Å². The molecule has 0 bridgehead atoms. The van der Waals surface area contributed by atoms with Gasteiger partial charge in [-0.1, -0.05) is 23.8 Å². The summed E-state index contributed by atoms with van der Waals surface area (Å²) in [6, 6.07) is 13.1. The number of imidazole rings is 1. The van der Waals surface area contributed by atoms with E-state index in [2.05, 4.69) is 58.1 Å². The maximum absolute atomic E-state index is 5.60. The summed E-state index contributed by atoms with van der Waals surface area (Å²) in [4.78, 5) is 12.2. The van der Waals surface area contributed by atoms with E-state index in [1.54, 1.807) is 0 Å². The number of nitrogens with zero attached hydrogens (tertiary/aromatic N) is 6. The summed E-state index contributed by atoms with van der Waals surface area (Å²) in [6.07, 6.45) is 6.35. The van der Waals surface area contributed by atoms with Gasteiger partial charge >= 0.3 is 0 Å². The Morgan fingerprint density at radius 2 is 2.06 bits per heavy atom. The van der Waals surface area contributed by atoms with Crippen molar-refractivity contribution in [2.75, 3.05) is 37.7 Å². The molecule has 4 aromatic rings. The van der Waals surface area contributed by atoms with Crippen LogP contribution in [0.4, 0.5) is 5.69 Å². The quantitative estimate of drug-likeness (QED) is 0.511. The molecular formula is C25H29N7O. The van der Waals surface area contributed by atoms with Gasteiger partial charge in [0.2, 0.25) is 0 Å². The lowest BCUT2D eigenvalue weighted by atomic mass is 10.1. The van der Waals surface area contributed by atoms with Gasteiger partial charge in [-0.3, -0.25) is 0 Å². The van der Waals surface area contributed by atoms with Gasteiger partial charge in [-0.25, -0.2) is 14.6 Å². The Balaban J connectivity index is 1.43. The van der Waals surface area contributed by atoms with Crippen LogP contribution in [0.25, 0.3) is 28.2 Å². The lowest BCUT2D eigenvalue weighted by Gasteiger charge is -2.29. The molecule has 1 atom stereocenters. The number of aryl methyl sites for hydroxylation is 1. The molecule has 2 aliphatic rings. The smallest absolute Gasteiger partial charge is 0.164 e. The highest BCUT2D eigenvalue weighted by molar-refractivity contribution is 5.87. The Morgan fingerprint density at radius 1 is 1.15 bits per heavy atom. The highest BCUT2D eigenvalue weighted by Gasteiger charge is 2.22. The molecule has 2 saturated heterocycles. The molecule has 8 heteroatoms. The molecule has 2 fully saturated rings. The molecular weight excluding hydrogens is 414 g/mol. The van der Waals surface area contributed by atoms with Gasteiger partial charge < -0.3 is 19.5 Å². The third kappa shape index (κ3) is 4.00. The van der Waals surface area contributed by atoms with Gasteiger partial charge in [-0.2, -0.15) is 5.10 Å². The van der Waals surface area contributed by atoms with E-state index in [4.69, 9.17) is 19.8 Å². The molecule has 170 valence electrons. The molecule has 0 aliphatic carbocycles. The summed E-state index contributed by atoms with van der Waals surface area (Å²) >= 11 is 0. The first-order valence-electron chi connectivity index (χ1n) is 11.8. The third-order valence-corrected chi connectivity index (χ3v) is 6.61. The van der Waals surface area contributed by atoms with Gasteiger partial charge in [-0.05, 0) is 38.4 Å². The van der Waals surface area contributed by atoms with Crippen LogP contribution >= 0.6 is 0 Å². The zero-order chi connectivity index (χ0) is 22.2. The summed E-state index contributed by atoms with van der Waals surface area (Å²) in [7, 11) is 0. The molecule has 0 unspecified atom stereocenters. The number of ether oxygens (including phenoxy) is 1. The lowest BCUT2D eigenvalue weighted by molar-refractivity contribution is 0.123. The second-order valence-corrected chi connectivity index (χ2v) is 8.98. The van der Waals surface area contributed by atoms with Gasteiger partial charge in [-0.15, -0.1) is 0 Å². The number of benzene rings is 1. The first-order chi connectivity index (χ1) is 16.2. The van der Waals surface area contributed by atoms with E-state index in [-0.39, 0.29) is 0 Å². The first kappa shape index (κ1) is 20.4. The second kappa shape index (κ2) is 8.61. The fourth-order valence-corrected chi connectivity index (χ4v) is 4.86. The number of rotatable bonds is 5. The van der Waals surface area contributed by atoms with E-state index < -0.39 is 0 Å². The maximum atomic E-state index is 5.60. The molecule has 0 saturated carbocycles. The van der Waals surface area contributed by atoms with Crippen LogP contribution < -0.4 is 10.2 Å². The SMILES string of the molecule is Cc1cccc(-c2ccn(-c3cc(N4CCOCC4)c4ncn(C[C@@H]5CCCN5)c4n3)n2)c1. The highest BCUT2D eigenvalue weighted by Crippen LogP contribution is 2.29. The van der Waals surface area contributed by atoms with Gasteiger partial charge in [0.1, 0.15) is 5.52 Å². The molecule has 6 rings (SSSR count). The number of hydrogen-bond donors (Lipinski definition) is 1. The summed E-state index contributed by atoms with van der Waals surface area (Å²) < 4.78 is 9.67. The maximum Gasteiger partial charge on any atom is 0.164 e. The van der Waals surface area contributed by atoms with Crippen LogP contribution in [0, 0.1) is 6.92 Å². The molecule has 0 spiro atoms. The monoisotopic (exact) mass is 443 g/mol. The summed E-state index contributed by atoms with van der Waals surface area (Å²) in [5.41, 5.74) is 6.24. The highest BCUT2D eigenvalue weighted by atomic mass is 16.5. The summed E-state index contributed by atoms with van der Waals surface area (Å²) in [5, 5.41) is 8.46. The van der Waals surface area contributed by atoms with Crippen molar-refractivity contribution in [1.82, 2.24) is 29.6 Å². The van der Waals surface area contributed by atoms with Crippen molar-refractivity contribution < 1.29 is 4.74 Å². The minimum absolute atomic E-state index is 0.470. The predicted molar refractivity (Wildman–Crippen MR) is 129 cm³/mol. The van der Waals surface area contributed by atoms with Crippen LogP contribution in [-0.4, -0.2) is 63.2 Å². The predicted octanol–water partition coefficient (Wildman–Crippen LogP) is 3.18. The molecule has 1 aromatic carbocycles. The first-order valence-corrected chi connectivity index (χ1v) is 11.8. The van der Waals surface area contributed by atoms with Crippen LogP contribution in [0.15, 0.2) is 48.9 Å². The van der Waals surface area contributed by atoms with Crippen molar-refractivity contribution in [3.63, 3.8) is 0 Å². The van der Waals surface area contributed by atoms with Gasteiger partial charge in [0.25, 0.3) is 0 Å². The van der Waals surface area contributed by atoms with E-state index in [9.17, 15) is 0 Å². The molecule has 3 aromatic heterocycles. The molecule has 5 heterocycles. The molecule has 1 N–H and O–H groups in total. The number of anilines is 1. The van der Waals surface area contributed by atoms with Crippen molar-refractivity contribution in [2.45, 2.75) is 32.4 Å². The van der Waals surface area contributed by atoms with Crippen molar-refractivity contribution in [2.24, 2.45) is 0 Å². The molecule has 33 heavy (non-hydrogen) atoms. The lowest BCUT2D eigenvalue weighted by Crippen LogP contribution is -2.36. The molecule has 0 radical (unpaired) electrons. The number of aromatic nitrogens is 5. The Bertz CT molecular complexity index is 1260. The Hall–Kier alpha value is -3.23. The molecule has 2 aliphatic heterocycles. The number of pyridine rings is 1. The van der Waals surface area contributed by atoms with Crippen LogP contribution in [0.3, 0.4) is 0 Å². The van der Waals surface area contributed by atoms with Crippen molar-refractivity contribution in [3.05, 3.63) is 54.5 Å². The topological polar surface area (TPSA) is 73.0 Å². The fourth-order valence-electron chi connectivity index (χ4n) is 4.86. The number of hydrogen-bond acceptors (Lipinski definition) is 6. The van der Waals surface area contributed by atoms with Gasteiger partial charge in [0.05, 0.1) is 30.9 Å². The van der Waals surface area contributed by atoms with E-state index in [0.29, 0.717) is 6.04 Å². The number of morpholine rings is 1. The van der Waals surface area contributed by atoms with E-state index >= 15 is 0 Å². The molecule has 8 nitrogen and oxygen atoms in total. The van der Waals surface area contributed by atoms with Crippen molar-refractivity contribution in [3.8, 4) is 17.1 Å². The minimum atomic E-state index is 0.470. The number of nitrogens with one attached hydrogen (secondary N) is 1. The van der Waals surface area contributed by atoms with Crippen molar-refractivity contribution >= 4 is 16.9 Å². The summed E-state index contributed by atoms with van der Waals surface area (Å²) in [6.45, 7) is 7.22. The van der Waals surface area contributed by atoms with Crippen molar-refractivity contribution in [1.29, 1.82) is 0 Å². The fraction of sp³-hybridized carbons (Fsp3) is 0.400. The standard InChI is InChI=1S/C25H29N7O/c1-18-4-2-5-19(14-18)21-7-9-32(29-21)23-15-22(30-10-12-33-13-11-30)24-25(28-23)31(17-27-24)16-20-6-3-8-26-20/h2,4-5,7,9,14-15,17,20,26H,3,6,8,10-13,16H2,1H3/t20-/m0/s1. The largest absolute Gasteiger partial charge is 0.378 e. The Morgan fingerprint density at radius 3 is 2.88 bits per heavy atom. The number of fused-ring (bicyclic) bond motifs is 1. The zero-order valence-electron chi connectivity index (χ0n) is 18.9. The average molecular weight is 444 g/mol.